The van der Waals surface area contributed by atoms with E-state index in [2.05, 4.69) is 67.7 Å². The lowest BCUT2D eigenvalue weighted by Crippen LogP contribution is -2.25. The van der Waals surface area contributed by atoms with Gasteiger partial charge in [0.1, 0.15) is 0 Å². The summed E-state index contributed by atoms with van der Waals surface area (Å²) < 4.78 is 0. The number of benzene rings is 2. The minimum atomic E-state index is 0.218. The second-order valence-corrected chi connectivity index (χ2v) is 12.0. The first-order valence-electron chi connectivity index (χ1n) is 16.0. The van der Waals surface area contributed by atoms with Gasteiger partial charge in [0, 0.05) is 13.0 Å². The second-order valence-electron chi connectivity index (χ2n) is 12.0. The van der Waals surface area contributed by atoms with E-state index >= 15 is 0 Å². The van der Waals surface area contributed by atoms with Crippen LogP contribution < -0.4 is 5.32 Å². The van der Waals surface area contributed by atoms with Crippen molar-refractivity contribution in [1.29, 1.82) is 0 Å². The number of aryl methyl sites for hydroxylation is 3. The molecule has 2 heteroatoms. The molecular formula is C36H55NO. The first-order chi connectivity index (χ1) is 18.6. The minimum absolute atomic E-state index is 0.218. The second kappa shape index (κ2) is 18.2. The lowest BCUT2D eigenvalue weighted by atomic mass is 10.0. The molecule has 1 amide bonds. The molecule has 1 fully saturated rings. The molecule has 0 unspecified atom stereocenters. The molecule has 3 rings (SSSR count). The van der Waals surface area contributed by atoms with Gasteiger partial charge < -0.3 is 5.32 Å². The highest BCUT2D eigenvalue weighted by Gasteiger charge is 2.34. The van der Waals surface area contributed by atoms with Crippen LogP contribution in [0, 0.1) is 18.8 Å². The number of amides is 1. The van der Waals surface area contributed by atoms with Crippen LogP contribution in [0.25, 0.3) is 0 Å². The van der Waals surface area contributed by atoms with Crippen LogP contribution in [0.15, 0.2) is 48.5 Å². The molecule has 1 N–H and O–H groups in total. The van der Waals surface area contributed by atoms with Crippen LogP contribution in [0.1, 0.15) is 125 Å². The summed E-state index contributed by atoms with van der Waals surface area (Å²) in [6.07, 6.45) is 23.0. The lowest BCUT2D eigenvalue weighted by molar-refractivity contribution is -0.121. The molecule has 0 aromatic heterocycles. The summed E-state index contributed by atoms with van der Waals surface area (Å²) in [6, 6.07) is 17.8. The van der Waals surface area contributed by atoms with E-state index in [9.17, 15) is 4.79 Å². The van der Waals surface area contributed by atoms with Crippen LogP contribution >= 0.6 is 0 Å². The third kappa shape index (κ3) is 13.1. The molecule has 0 aliphatic heterocycles. The molecule has 0 bridgehead atoms. The summed E-state index contributed by atoms with van der Waals surface area (Å²) in [5, 5.41) is 3.12. The molecule has 1 aliphatic rings. The van der Waals surface area contributed by atoms with Gasteiger partial charge in [0.2, 0.25) is 5.91 Å². The van der Waals surface area contributed by atoms with Crippen molar-refractivity contribution in [3.63, 3.8) is 0 Å². The summed E-state index contributed by atoms with van der Waals surface area (Å²) in [4.78, 5) is 12.2. The number of unbranched alkanes of at least 4 members (excludes halogenated alkanes) is 9. The minimum Gasteiger partial charge on any atom is -0.356 e. The number of hydrogen-bond donors (Lipinski definition) is 1. The van der Waals surface area contributed by atoms with Crippen molar-refractivity contribution >= 4 is 5.91 Å². The zero-order chi connectivity index (χ0) is 26.8. The summed E-state index contributed by atoms with van der Waals surface area (Å²) in [6.45, 7) is 5.17. The number of carbonyl (C=O) groups is 1. The molecular weight excluding hydrogens is 462 g/mol. The number of rotatable bonds is 21. The van der Waals surface area contributed by atoms with Gasteiger partial charge in [-0.2, -0.15) is 0 Å². The largest absolute Gasteiger partial charge is 0.356 e. The average Bonchev–Trinajstić information content (AvgIpc) is 3.68. The van der Waals surface area contributed by atoms with E-state index in [1.165, 1.54) is 106 Å². The SMILES string of the molecule is CCCCCCCC[C@H]1C[C@H]1CCCCCCCC(=O)NCCc1ccc(CCc2ccc(C)cc2)cc1. The number of hydrogen-bond acceptors (Lipinski definition) is 1. The Kier molecular flexibility index (Phi) is 14.6. The van der Waals surface area contributed by atoms with Crippen molar-refractivity contribution in [2.75, 3.05) is 6.54 Å². The topological polar surface area (TPSA) is 29.1 Å². The molecule has 2 atom stereocenters. The van der Waals surface area contributed by atoms with E-state index in [-0.39, 0.29) is 5.91 Å². The normalized spacial score (nSPS) is 16.5. The van der Waals surface area contributed by atoms with Crippen LogP contribution in [-0.2, 0) is 24.1 Å². The molecule has 2 nitrogen and oxygen atoms in total. The van der Waals surface area contributed by atoms with Gasteiger partial charge in [-0.05, 0) is 67.6 Å². The van der Waals surface area contributed by atoms with Crippen LogP contribution in [0.5, 0.6) is 0 Å². The monoisotopic (exact) mass is 517 g/mol. The van der Waals surface area contributed by atoms with E-state index in [4.69, 9.17) is 0 Å². The zero-order valence-corrected chi connectivity index (χ0v) is 24.6. The fourth-order valence-corrected chi connectivity index (χ4v) is 5.78. The fourth-order valence-electron chi connectivity index (χ4n) is 5.78. The van der Waals surface area contributed by atoms with Gasteiger partial charge in [-0.3, -0.25) is 4.79 Å². The van der Waals surface area contributed by atoms with Crippen LogP contribution in [0.4, 0.5) is 0 Å². The molecule has 0 radical (unpaired) electrons. The molecule has 2 aromatic rings. The molecule has 210 valence electrons. The summed E-state index contributed by atoms with van der Waals surface area (Å²) in [5.74, 6) is 2.33. The molecule has 38 heavy (non-hydrogen) atoms. The van der Waals surface area contributed by atoms with E-state index in [0.717, 1.165) is 44.1 Å². The Labute approximate surface area is 234 Å². The van der Waals surface area contributed by atoms with E-state index in [0.29, 0.717) is 6.42 Å². The Balaban J connectivity index is 1.11. The summed E-state index contributed by atoms with van der Waals surface area (Å²) in [7, 11) is 0. The van der Waals surface area contributed by atoms with Crippen LogP contribution in [-0.4, -0.2) is 12.5 Å². The first-order valence-corrected chi connectivity index (χ1v) is 16.0. The van der Waals surface area contributed by atoms with Crippen molar-refractivity contribution < 1.29 is 4.79 Å². The van der Waals surface area contributed by atoms with Gasteiger partial charge in [0.15, 0.2) is 0 Å². The van der Waals surface area contributed by atoms with Gasteiger partial charge in [0.25, 0.3) is 0 Å². The summed E-state index contributed by atoms with van der Waals surface area (Å²) in [5.41, 5.74) is 5.39. The maximum absolute atomic E-state index is 12.2. The predicted molar refractivity (Wildman–Crippen MR) is 164 cm³/mol. The quantitative estimate of drug-likeness (QED) is 0.164. The Hall–Kier alpha value is -2.09. The molecule has 0 spiro atoms. The molecule has 2 aromatic carbocycles. The van der Waals surface area contributed by atoms with Gasteiger partial charge in [-0.1, -0.05) is 138 Å². The van der Waals surface area contributed by atoms with E-state index in [1.54, 1.807) is 0 Å². The Morgan fingerprint density at radius 1 is 0.658 bits per heavy atom. The Morgan fingerprint density at radius 2 is 1.13 bits per heavy atom. The maximum atomic E-state index is 12.2. The average molecular weight is 518 g/mol. The van der Waals surface area contributed by atoms with Gasteiger partial charge in [0.05, 0.1) is 0 Å². The van der Waals surface area contributed by atoms with Crippen LogP contribution in [0.2, 0.25) is 0 Å². The van der Waals surface area contributed by atoms with Gasteiger partial charge >= 0.3 is 0 Å². The highest BCUT2D eigenvalue weighted by atomic mass is 16.1. The maximum Gasteiger partial charge on any atom is 0.220 e. The van der Waals surface area contributed by atoms with Crippen molar-refractivity contribution in [1.82, 2.24) is 5.32 Å². The van der Waals surface area contributed by atoms with Crippen molar-refractivity contribution in [3.05, 3.63) is 70.8 Å². The van der Waals surface area contributed by atoms with Crippen LogP contribution in [0.3, 0.4) is 0 Å². The van der Waals surface area contributed by atoms with Gasteiger partial charge in [-0.15, -0.1) is 0 Å². The summed E-state index contributed by atoms with van der Waals surface area (Å²) >= 11 is 0. The van der Waals surface area contributed by atoms with Gasteiger partial charge in [-0.25, -0.2) is 0 Å². The highest BCUT2D eigenvalue weighted by Crippen LogP contribution is 2.45. The fraction of sp³-hybridized carbons (Fsp3) is 0.639. The highest BCUT2D eigenvalue weighted by molar-refractivity contribution is 5.75. The third-order valence-electron chi connectivity index (χ3n) is 8.56. The number of nitrogens with one attached hydrogen (secondary N) is 1. The molecule has 1 aliphatic carbocycles. The number of carbonyl (C=O) groups excluding carboxylic acids is 1. The zero-order valence-electron chi connectivity index (χ0n) is 24.6. The first kappa shape index (κ1) is 30.5. The molecule has 0 saturated heterocycles. The molecule has 1 saturated carbocycles. The third-order valence-corrected chi connectivity index (χ3v) is 8.56. The standard InChI is InChI=1S/C36H55NO/c1-3-4-5-6-8-11-14-34-29-35(34)15-12-9-7-10-13-16-36(38)37-28-27-33-25-23-32(24-26-33)22-21-31-19-17-30(2)18-20-31/h17-20,23-26,34-35H,3-16,21-22,27-29H2,1-2H3,(H,37,38)/t34-,35+/m0/s1. The Morgan fingerprint density at radius 3 is 1.71 bits per heavy atom. The predicted octanol–water partition coefficient (Wildman–Crippen LogP) is 9.56. The van der Waals surface area contributed by atoms with E-state index in [1.807, 2.05) is 0 Å². The van der Waals surface area contributed by atoms with E-state index < -0.39 is 0 Å². The van der Waals surface area contributed by atoms with Crippen molar-refractivity contribution in [2.45, 2.75) is 129 Å². The van der Waals surface area contributed by atoms with Crippen molar-refractivity contribution in [2.24, 2.45) is 11.8 Å². The smallest absolute Gasteiger partial charge is 0.220 e. The molecule has 0 heterocycles. The lowest BCUT2D eigenvalue weighted by Gasteiger charge is -2.07. The Bertz CT molecular complexity index is 885. The van der Waals surface area contributed by atoms with Crippen molar-refractivity contribution in [3.8, 4) is 0 Å².